The molecule has 2 saturated heterocycles. The number of aromatic nitrogens is 2. The molecule has 142 valence electrons. The third-order valence-electron chi connectivity index (χ3n) is 5.69. The fourth-order valence-corrected chi connectivity index (χ4v) is 4.13. The van der Waals surface area contributed by atoms with E-state index in [1.54, 1.807) is 12.4 Å². The molecular formula is C21H26N4O2. The fraction of sp³-hybridized carbons (Fsp3) is 0.476. The van der Waals surface area contributed by atoms with Gasteiger partial charge in [0.2, 0.25) is 0 Å². The maximum Gasteiger partial charge on any atom is 0.257 e. The third kappa shape index (κ3) is 3.81. The molecule has 0 bridgehead atoms. The minimum atomic E-state index is -0.539. The molecule has 0 radical (unpaired) electrons. The Hall–Kier alpha value is -2.47. The number of nitrogens with zero attached hydrogens (tertiary/aromatic N) is 4. The van der Waals surface area contributed by atoms with Crippen LogP contribution in [-0.2, 0) is 0 Å². The second-order valence-corrected chi connectivity index (χ2v) is 7.40. The van der Waals surface area contributed by atoms with Crippen molar-refractivity contribution in [3.05, 3.63) is 54.0 Å². The second-order valence-electron chi connectivity index (χ2n) is 7.40. The highest BCUT2D eigenvalue weighted by Crippen LogP contribution is 2.32. The van der Waals surface area contributed by atoms with Crippen LogP contribution in [0.3, 0.4) is 0 Å². The summed E-state index contributed by atoms with van der Waals surface area (Å²) in [6, 6.07) is 9.37. The van der Waals surface area contributed by atoms with Gasteiger partial charge in [-0.25, -0.2) is 4.98 Å². The fourth-order valence-electron chi connectivity index (χ4n) is 4.13. The first-order valence-electron chi connectivity index (χ1n) is 9.82. The Balaban J connectivity index is 1.45. The number of rotatable bonds is 4. The molecule has 1 N–H and O–H groups in total. The van der Waals surface area contributed by atoms with E-state index < -0.39 is 6.10 Å². The lowest BCUT2D eigenvalue weighted by Crippen LogP contribution is -2.38. The van der Waals surface area contributed by atoms with Gasteiger partial charge in [0.1, 0.15) is 5.82 Å². The summed E-state index contributed by atoms with van der Waals surface area (Å²) in [5, 5.41) is 10.6. The van der Waals surface area contributed by atoms with Crippen LogP contribution < -0.4 is 4.90 Å². The van der Waals surface area contributed by atoms with E-state index >= 15 is 0 Å². The molecule has 4 rings (SSSR count). The van der Waals surface area contributed by atoms with Crippen molar-refractivity contribution in [2.45, 2.75) is 31.8 Å². The molecule has 1 unspecified atom stereocenters. The van der Waals surface area contributed by atoms with E-state index in [1.165, 1.54) is 0 Å². The Bertz CT molecular complexity index is 769. The maximum absolute atomic E-state index is 12.9. The Morgan fingerprint density at radius 1 is 1.00 bits per heavy atom. The number of aliphatic hydroxyl groups excluding tert-OH is 1. The van der Waals surface area contributed by atoms with Crippen molar-refractivity contribution in [3.63, 3.8) is 0 Å². The molecule has 2 aliphatic heterocycles. The molecule has 4 heterocycles. The van der Waals surface area contributed by atoms with Gasteiger partial charge in [0.25, 0.3) is 5.91 Å². The standard InChI is InChI=1S/C21H26N4O2/c26-19(18-7-1-2-10-22-18)16-8-14-24(15-9-16)20-17(6-5-11-23-20)21(27)25-12-3-4-13-25/h1-2,5-7,10-11,16,19,26H,3-4,8-9,12-15H2. The smallest absolute Gasteiger partial charge is 0.257 e. The molecule has 6 heteroatoms. The second kappa shape index (κ2) is 8.05. The molecule has 1 amide bonds. The van der Waals surface area contributed by atoms with E-state index in [4.69, 9.17) is 0 Å². The normalized spacial score (nSPS) is 19.3. The number of hydrogen-bond donors (Lipinski definition) is 1. The lowest BCUT2D eigenvalue weighted by atomic mass is 9.89. The van der Waals surface area contributed by atoms with Gasteiger partial charge in [-0.2, -0.15) is 0 Å². The molecule has 0 aliphatic carbocycles. The highest BCUT2D eigenvalue weighted by Gasteiger charge is 2.30. The van der Waals surface area contributed by atoms with Crippen LogP contribution in [0.2, 0.25) is 0 Å². The molecular weight excluding hydrogens is 340 g/mol. The van der Waals surface area contributed by atoms with Crippen LogP contribution in [0, 0.1) is 5.92 Å². The number of pyridine rings is 2. The average molecular weight is 366 g/mol. The van der Waals surface area contributed by atoms with E-state index in [0.29, 0.717) is 5.56 Å². The Morgan fingerprint density at radius 2 is 1.74 bits per heavy atom. The number of amides is 1. The first-order chi connectivity index (χ1) is 13.2. The summed E-state index contributed by atoms with van der Waals surface area (Å²) in [5.74, 6) is 1.05. The number of likely N-dealkylation sites (tertiary alicyclic amines) is 1. The molecule has 0 spiro atoms. The molecule has 2 aromatic heterocycles. The average Bonchev–Trinajstić information content (AvgIpc) is 3.28. The van der Waals surface area contributed by atoms with Crippen molar-refractivity contribution in [3.8, 4) is 0 Å². The number of anilines is 1. The summed E-state index contributed by atoms with van der Waals surface area (Å²) in [6.45, 7) is 3.24. The van der Waals surface area contributed by atoms with Crippen LogP contribution in [0.15, 0.2) is 42.7 Å². The van der Waals surface area contributed by atoms with Gasteiger partial charge in [0, 0.05) is 38.6 Å². The first-order valence-corrected chi connectivity index (χ1v) is 9.82. The van der Waals surface area contributed by atoms with Gasteiger partial charge in [-0.1, -0.05) is 6.07 Å². The van der Waals surface area contributed by atoms with Crippen LogP contribution in [0.1, 0.15) is 47.8 Å². The zero-order valence-electron chi connectivity index (χ0n) is 15.5. The van der Waals surface area contributed by atoms with E-state index in [9.17, 15) is 9.90 Å². The minimum absolute atomic E-state index is 0.0891. The molecule has 0 saturated carbocycles. The Morgan fingerprint density at radius 3 is 2.44 bits per heavy atom. The van der Waals surface area contributed by atoms with E-state index in [1.807, 2.05) is 35.2 Å². The predicted octanol–water partition coefficient (Wildman–Crippen LogP) is 2.66. The van der Waals surface area contributed by atoms with E-state index in [-0.39, 0.29) is 11.8 Å². The number of hydrogen-bond acceptors (Lipinski definition) is 5. The van der Waals surface area contributed by atoms with Crippen LogP contribution in [0.5, 0.6) is 0 Å². The van der Waals surface area contributed by atoms with Gasteiger partial charge in [-0.15, -0.1) is 0 Å². The first kappa shape index (κ1) is 17.9. The highest BCUT2D eigenvalue weighted by atomic mass is 16.3. The summed E-state index contributed by atoms with van der Waals surface area (Å²) < 4.78 is 0. The Kier molecular flexibility index (Phi) is 5.34. The summed E-state index contributed by atoms with van der Waals surface area (Å²) in [4.78, 5) is 25.8. The van der Waals surface area contributed by atoms with E-state index in [0.717, 1.165) is 63.4 Å². The van der Waals surface area contributed by atoms with Crippen LogP contribution in [0.25, 0.3) is 0 Å². The zero-order chi connectivity index (χ0) is 18.6. The zero-order valence-corrected chi connectivity index (χ0v) is 15.5. The van der Waals surface area contributed by atoms with Gasteiger partial charge in [-0.3, -0.25) is 9.78 Å². The highest BCUT2D eigenvalue weighted by molar-refractivity contribution is 5.99. The molecule has 2 aromatic rings. The van der Waals surface area contributed by atoms with Crippen LogP contribution in [-0.4, -0.2) is 52.1 Å². The summed E-state index contributed by atoms with van der Waals surface area (Å²) >= 11 is 0. The molecule has 2 fully saturated rings. The molecule has 6 nitrogen and oxygen atoms in total. The number of carbonyl (C=O) groups excluding carboxylic acids is 1. The van der Waals surface area contributed by atoms with Crippen molar-refractivity contribution in [2.24, 2.45) is 5.92 Å². The number of piperidine rings is 1. The minimum Gasteiger partial charge on any atom is -0.387 e. The number of aliphatic hydroxyl groups is 1. The summed E-state index contributed by atoms with van der Waals surface area (Å²) in [6.07, 6.45) is 6.80. The van der Waals surface area contributed by atoms with Gasteiger partial charge >= 0.3 is 0 Å². The monoisotopic (exact) mass is 366 g/mol. The summed E-state index contributed by atoms with van der Waals surface area (Å²) in [5.41, 5.74) is 1.43. The lowest BCUT2D eigenvalue weighted by Gasteiger charge is -2.35. The van der Waals surface area contributed by atoms with Crippen molar-refractivity contribution >= 4 is 11.7 Å². The van der Waals surface area contributed by atoms with Crippen molar-refractivity contribution in [1.82, 2.24) is 14.9 Å². The Labute approximate surface area is 159 Å². The molecule has 2 aliphatic rings. The topological polar surface area (TPSA) is 69.6 Å². The number of carbonyl (C=O) groups is 1. The molecule has 0 aromatic carbocycles. The molecule has 27 heavy (non-hydrogen) atoms. The van der Waals surface area contributed by atoms with Gasteiger partial charge < -0.3 is 14.9 Å². The maximum atomic E-state index is 12.9. The predicted molar refractivity (Wildman–Crippen MR) is 104 cm³/mol. The van der Waals surface area contributed by atoms with Crippen molar-refractivity contribution < 1.29 is 9.90 Å². The van der Waals surface area contributed by atoms with Gasteiger partial charge in [0.15, 0.2) is 0 Å². The third-order valence-corrected chi connectivity index (χ3v) is 5.69. The van der Waals surface area contributed by atoms with Crippen LogP contribution >= 0.6 is 0 Å². The van der Waals surface area contributed by atoms with Gasteiger partial charge in [0.05, 0.1) is 17.4 Å². The van der Waals surface area contributed by atoms with E-state index in [2.05, 4.69) is 14.9 Å². The quantitative estimate of drug-likeness (QED) is 0.901. The molecule has 1 atom stereocenters. The largest absolute Gasteiger partial charge is 0.387 e. The van der Waals surface area contributed by atoms with Crippen LogP contribution in [0.4, 0.5) is 5.82 Å². The lowest BCUT2D eigenvalue weighted by molar-refractivity contribution is 0.0790. The van der Waals surface area contributed by atoms with Gasteiger partial charge in [-0.05, 0) is 55.9 Å². The summed E-state index contributed by atoms with van der Waals surface area (Å²) in [7, 11) is 0. The van der Waals surface area contributed by atoms with Crippen molar-refractivity contribution in [1.29, 1.82) is 0 Å². The van der Waals surface area contributed by atoms with Crippen molar-refractivity contribution in [2.75, 3.05) is 31.1 Å². The SMILES string of the molecule is O=C(c1cccnc1N1CCC(C(O)c2ccccn2)CC1)N1CCCC1.